The summed E-state index contributed by atoms with van der Waals surface area (Å²) in [6, 6.07) is 10.0. The van der Waals surface area contributed by atoms with Gasteiger partial charge in [0.2, 0.25) is 0 Å². The minimum atomic E-state index is 1.03. The number of benzene rings is 1. The van der Waals surface area contributed by atoms with Crippen molar-refractivity contribution in [2.75, 3.05) is 0 Å². The van der Waals surface area contributed by atoms with E-state index in [1.54, 1.807) is 0 Å². The second kappa shape index (κ2) is 3.34. The lowest BCUT2D eigenvalue weighted by Crippen LogP contribution is -1.94. The molecule has 2 rings (SSSR count). The molecule has 13 heavy (non-hydrogen) atoms. The minimum absolute atomic E-state index is 1.03. The molecule has 0 bridgehead atoms. The van der Waals surface area contributed by atoms with Gasteiger partial charge in [-0.3, -0.25) is 0 Å². The average Bonchev–Trinajstić information content (AvgIpc) is 2.52. The second-order valence-electron chi connectivity index (χ2n) is 2.88. The molecule has 0 aliphatic carbocycles. The third-order valence-corrected chi connectivity index (χ3v) is 2.29. The summed E-state index contributed by atoms with van der Waals surface area (Å²) in [4.78, 5) is 0. The lowest BCUT2D eigenvalue weighted by Gasteiger charge is -2.00. The quantitative estimate of drug-likeness (QED) is 0.745. The van der Waals surface area contributed by atoms with E-state index in [0.29, 0.717) is 0 Å². The van der Waals surface area contributed by atoms with E-state index in [1.807, 2.05) is 48.1 Å². The molecule has 0 spiro atoms. The first-order valence-corrected chi connectivity index (χ1v) is 4.83. The molecule has 0 saturated carbocycles. The Morgan fingerprint density at radius 1 is 1.31 bits per heavy atom. The van der Waals surface area contributed by atoms with Crippen LogP contribution in [0.1, 0.15) is 5.69 Å². The molecule has 66 valence electrons. The van der Waals surface area contributed by atoms with Crippen molar-refractivity contribution in [1.29, 1.82) is 0 Å². The predicted octanol–water partition coefficient (Wildman–Crippen LogP) is 2.94. The van der Waals surface area contributed by atoms with Crippen LogP contribution < -0.4 is 0 Å². The van der Waals surface area contributed by atoms with Gasteiger partial charge in [-0.1, -0.05) is 22.0 Å². The molecule has 0 unspecified atom stereocenters. The minimum Gasteiger partial charge on any atom is -0.241 e. The summed E-state index contributed by atoms with van der Waals surface area (Å²) >= 11 is 3.43. The van der Waals surface area contributed by atoms with Crippen LogP contribution in [0.5, 0.6) is 0 Å². The molecule has 0 aliphatic heterocycles. The van der Waals surface area contributed by atoms with Crippen molar-refractivity contribution in [3.05, 3.63) is 46.7 Å². The molecule has 0 saturated heterocycles. The number of nitrogens with zero attached hydrogens (tertiary/aromatic N) is 2. The molecule has 0 radical (unpaired) electrons. The number of rotatable bonds is 1. The van der Waals surface area contributed by atoms with Gasteiger partial charge in [-0.2, -0.15) is 5.10 Å². The Hall–Kier alpha value is -1.09. The highest BCUT2D eigenvalue weighted by Crippen LogP contribution is 2.14. The topological polar surface area (TPSA) is 17.8 Å². The first-order valence-electron chi connectivity index (χ1n) is 4.04. The molecule has 0 amide bonds. The van der Waals surface area contributed by atoms with Crippen LogP contribution in [0.2, 0.25) is 0 Å². The van der Waals surface area contributed by atoms with E-state index in [0.717, 1.165) is 15.9 Å². The van der Waals surface area contributed by atoms with Crippen LogP contribution >= 0.6 is 15.9 Å². The van der Waals surface area contributed by atoms with Gasteiger partial charge in [-0.05, 0) is 31.2 Å². The molecule has 0 N–H and O–H groups in total. The summed E-state index contributed by atoms with van der Waals surface area (Å²) in [7, 11) is 0. The van der Waals surface area contributed by atoms with Gasteiger partial charge in [-0.25, -0.2) is 4.68 Å². The van der Waals surface area contributed by atoms with Crippen LogP contribution in [-0.4, -0.2) is 9.78 Å². The Morgan fingerprint density at radius 2 is 2.15 bits per heavy atom. The Balaban J connectivity index is 2.46. The fourth-order valence-electron chi connectivity index (χ4n) is 1.18. The van der Waals surface area contributed by atoms with Crippen molar-refractivity contribution < 1.29 is 0 Å². The van der Waals surface area contributed by atoms with Crippen molar-refractivity contribution in [3.63, 3.8) is 0 Å². The second-order valence-corrected chi connectivity index (χ2v) is 3.80. The van der Waals surface area contributed by atoms with Crippen LogP contribution in [0.3, 0.4) is 0 Å². The van der Waals surface area contributed by atoms with Gasteiger partial charge in [0, 0.05) is 10.7 Å². The molecule has 1 aromatic carbocycles. The van der Waals surface area contributed by atoms with Gasteiger partial charge in [-0.15, -0.1) is 0 Å². The Kier molecular flexibility index (Phi) is 2.19. The summed E-state index contributed by atoms with van der Waals surface area (Å²) in [5, 5.41) is 4.32. The zero-order valence-corrected chi connectivity index (χ0v) is 8.82. The van der Waals surface area contributed by atoms with Crippen molar-refractivity contribution >= 4 is 15.9 Å². The zero-order valence-electron chi connectivity index (χ0n) is 7.24. The van der Waals surface area contributed by atoms with Crippen molar-refractivity contribution in [2.45, 2.75) is 6.92 Å². The van der Waals surface area contributed by atoms with Crippen LogP contribution in [0.25, 0.3) is 5.69 Å². The number of aromatic nitrogens is 2. The fraction of sp³-hybridized carbons (Fsp3) is 0.100. The van der Waals surface area contributed by atoms with Gasteiger partial charge in [0.15, 0.2) is 0 Å². The summed E-state index contributed by atoms with van der Waals surface area (Å²) in [6.45, 7) is 1.98. The molecule has 1 aromatic heterocycles. The largest absolute Gasteiger partial charge is 0.241 e. The standard InChI is InChI=1S/C10H9BrN2/c1-8-5-6-13(12-8)10-4-2-3-9(11)7-10/h2-7H,1H3. The number of hydrogen-bond acceptors (Lipinski definition) is 1. The molecule has 2 nitrogen and oxygen atoms in total. The fourth-order valence-corrected chi connectivity index (χ4v) is 1.56. The van der Waals surface area contributed by atoms with Gasteiger partial charge in [0.25, 0.3) is 0 Å². The predicted molar refractivity (Wildman–Crippen MR) is 56.0 cm³/mol. The summed E-state index contributed by atoms with van der Waals surface area (Å²) < 4.78 is 2.93. The van der Waals surface area contributed by atoms with E-state index >= 15 is 0 Å². The van der Waals surface area contributed by atoms with Crippen molar-refractivity contribution in [2.24, 2.45) is 0 Å². The molecule has 2 aromatic rings. The van der Waals surface area contributed by atoms with E-state index < -0.39 is 0 Å². The number of aryl methyl sites for hydroxylation is 1. The van der Waals surface area contributed by atoms with Crippen molar-refractivity contribution in [3.8, 4) is 5.69 Å². The molecule has 0 fully saturated rings. The van der Waals surface area contributed by atoms with E-state index in [1.165, 1.54) is 0 Å². The molecule has 0 aliphatic rings. The molecule has 1 heterocycles. The lowest BCUT2D eigenvalue weighted by atomic mass is 10.3. The van der Waals surface area contributed by atoms with E-state index in [2.05, 4.69) is 21.0 Å². The van der Waals surface area contributed by atoms with Crippen LogP contribution in [-0.2, 0) is 0 Å². The Morgan fingerprint density at radius 3 is 2.77 bits per heavy atom. The summed E-state index contributed by atoms with van der Waals surface area (Å²) in [5.41, 5.74) is 2.10. The molecule has 0 atom stereocenters. The Labute approximate surface area is 85.3 Å². The average molecular weight is 237 g/mol. The highest BCUT2D eigenvalue weighted by atomic mass is 79.9. The van der Waals surface area contributed by atoms with Gasteiger partial charge < -0.3 is 0 Å². The molecular formula is C10H9BrN2. The first-order chi connectivity index (χ1) is 6.25. The number of hydrogen-bond donors (Lipinski definition) is 0. The first kappa shape index (κ1) is 8.51. The number of halogens is 1. The zero-order chi connectivity index (χ0) is 9.26. The van der Waals surface area contributed by atoms with Crippen LogP contribution in [0.4, 0.5) is 0 Å². The van der Waals surface area contributed by atoms with E-state index in [4.69, 9.17) is 0 Å². The monoisotopic (exact) mass is 236 g/mol. The van der Waals surface area contributed by atoms with Crippen molar-refractivity contribution in [1.82, 2.24) is 9.78 Å². The summed E-state index contributed by atoms with van der Waals surface area (Å²) in [6.07, 6.45) is 1.96. The summed E-state index contributed by atoms with van der Waals surface area (Å²) in [5.74, 6) is 0. The van der Waals surface area contributed by atoms with E-state index in [9.17, 15) is 0 Å². The maximum atomic E-state index is 4.32. The van der Waals surface area contributed by atoms with Gasteiger partial charge in [0.05, 0.1) is 11.4 Å². The molecule has 3 heteroatoms. The highest BCUT2D eigenvalue weighted by molar-refractivity contribution is 9.10. The van der Waals surface area contributed by atoms with Gasteiger partial charge in [0.1, 0.15) is 0 Å². The maximum absolute atomic E-state index is 4.32. The SMILES string of the molecule is Cc1ccn(-c2cccc(Br)c2)n1. The van der Waals surface area contributed by atoms with Crippen LogP contribution in [0.15, 0.2) is 41.0 Å². The highest BCUT2D eigenvalue weighted by Gasteiger charge is 1.97. The smallest absolute Gasteiger partial charge is 0.0656 e. The third kappa shape index (κ3) is 1.80. The normalized spacial score (nSPS) is 10.3. The Bertz CT molecular complexity index is 420. The van der Waals surface area contributed by atoms with Crippen LogP contribution in [0, 0.1) is 6.92 Å². The van der Waals surface area contributed by atoms with E-state index in [-0.39, 0.29) is 0 Å². The third-order valence-electron chi connectivity index (χ3n) is 1.80. The molecular weight excluding hydrogens is 228 g/mol. The lowest BCUT2D eigenvalue weighted by molar-refractivity contribution is 0.862. The van der Waals surface area contributed by atoms with Gasteiger partial charge >= 0.3 is 0 Å². The maximum Gasteiger partial charge on any atom is 0.0656 e.